The Hall–Kier alpha value is -1.83. The van der Waals surface area contributed by atoms with Crippen molar-refractivity contribution >= 4 is 0 Å². The average molecular weight is 346 g/mol. The highest BCUT2D eigenvalue weighted by atomic mass is 19.1. The standard InChI is InChI=1S/C18H23FN4O2/c19-16-4-2-1-3-15(16)18-17(20-22-21-18)12-25-14-5-7-23(10-14)9-13-6-8-24-11-13/h1-4,13-14H,5-12H2,(H,20,21,22). The first-order chi connectivity index (χ1) is 12.3. The molecule has 2 aliphatic rings. The highest BCUT2D eigenvalue weighted by molar-refractivity contribution is 5.61. The molecule has 0 amide bonds. The maximum Gasteiger partial charge on any atom is 0.132 e. The van der Waals surface area contributed by atoms with Gasteiger partial charge in [-0.05, 0) is 30.9 Å². The van der Waals surface area contributed by atoms with E-state index in [1.807, 2.05) is 0 Å². The Kier molecular flexibility index (Phi) is 5.05. The number of H-pyrrole nitrogens is 1. The van der Waals surface area contributed by atoms with Crippen LogP contribution in [0.5, 0.6) is 0 Å². The van der Waals surface area contributed by atoms with E-state index < -0.39 is 0 Å². The molecule has 3 heterocycles. The summed E-state index contributed by atoms with van der Waals surface area (Å²) in [6.45, 7) is 5.22. The number of nitrogens with one attached hydrogen (secondary N) is 1. The minimum atomic E-state index is -0.302. The van der Waals surface area contributed by atoms with Gasteiger partial charge in [0.1, 0.15) is 11.5 Å². The number of aromatic amines is 1. The minimum absolute atomic E-state index is 0.194. The van der Waals surface area contributed by atoms with Crippen LogP contribution >= 0.6 is 0 Å². The van der Waals surface area contributed by atoms with E-state index in [4.69, 9.17) is 9.47 Å². The maximum absolute atomic E-state index is 14.0. The molecule has 2 aromatic rings. The van der Waals surface area contributed by atoms with Crippen LogP contribution in [0, 0.1) is 11.7 Å². The third kappa shape index (κ3) is 3.89. The Balaban J connectivity index is 1.32. The molecule has 4 rings (SSSR count). The summed E-state index contributed by atoms with van der Waals surface area (Å²) in [6, 6.07) is 6.59. The lowest BCUT2D eigenvalue weighted by Gasteiger charge is -2.19. The topological polar surface area (TPSA) is 63.3 Å². The lowest BCUT2D eigenvalue weighted by atomic mass is 10.1. The van der Waals surface area contributed by atoms with Crippen LogP contribution in [0.4, 0.5) is 4.39 Å². The zero-order chi connectivity index (χ0) is 17.1. The highest BCUT2D eigenvalue weighted by Crippen LogP contribution is 2.24. The van der Waals surface area contributed by atoms with Gasteiger partial charge >= 0.3 is 0 Å². The molecule has 0 radical (unpaired) electrons. The molecule has 0 aliphatic carbocycles. The summed E-state index contributed by atoms with van der Waals surface area (Å²) in [6.07, 6.45) is 2.37. The average Bonchev–Trinajstić information content (AvgIpc) is 3.36. The molecule has 2 atom stereocenters. The van der Waals surface area contributed by atoms with Crippen LogP contribution in [0.25, 0.3) is 11.3 Å². The molecule has 1 aromatic carbocycles. The number of aromatic nitrogens is 3. The summed E-state index contributed by atoms with van der Waals surface area (Å²) in [5, 5.41) is 10.7. The molecular formula is C18H23FN4O2. The van der Waals surface area contributed by atoms with Crippen molar-refractivity contribution in [3.63, 3.8) is 0 Å². The number of likely N-dealkylation sites (tertiary alicyclic amines) is 1. The summed E-state index contributed by atoms with van der Waals surface area (Å²) in [5.41, 5.74) is 1.69. The van der Waals surface area contributed by atoms with Crippen molar-refractivity contribution in [2.75, 3.05) is 32.8 Å². The van der Waals surface area contributed by atoms with Crippen molar-refractivity contribution in [1.29, 1.82) is 0 Å². The Morgan fingerprint density at radius 2 is 2.24 bits per heavy atom. The fraction of sp³-hybridized carbons (Fsp3) is 0.556. The molecule has 2 aliphatic heterocycles. The van der Waals surface area contributed by atoms with Crippen molar-refractivity contribution in [2.24, 2.45) is 5.92 Å². The molecule has 2 unspecified atom stereocenters. The monoisotopic (exact) mass is 346 g/mol. The molecule has 0 saturated carbocycles. The van der Waals surface area contributed by atoms with Crippen LogP contribution in [-0.2, 0) is 16.1 Å². The number of ether oxygens (including phenoxy) is 2. The Labute approximate surface area is 146 Å². The van der Waals surface area contributed by atoms with Gasteiger partial charge in [0.25, 0.3) is 0 Å². The quantitative estimate of drug-likeness (QED) is 0.869. The Morgan fingerprint density at radius 1 is 1.32 bits per heavy atom. The van der Waals surface area contributed by atoms with Gasteiger partial charge in [0.2, 0.25) is 0 Å². The highest BCUT2D eigenvalue weighted by Gasteiger charge is 2.27. The Bertz CT molecular complexity index is 702. The minimum Gasteiger partial charge on any atom is -0.381 e. The first kappa shape index (κ1) is 16.6. The van der Waals surface area contributed by atoms with E-state index in [0.717, 1.165) is 45.7 Å². The molecule has 7 heteroatoms. The molecule has 2 saturated heterocycles. The van der Waals surface area contributed by atoms with Gasteiger partial charge in [0, 0.05) is 31.8 Å². The predicted molar refractivity (Wildman–Crippen MR) is 90.3 cm³/mol. The van der Waals surface area contributed by atoms with Gasteiger partial charge in [-0.25, -0.2) is 4.39 Å². The first-order valence-corrected chi connectivity index (χ1v) is 8.86. The van der Waals surface area contributed by atoms with Crippen LogP contribution in [-0.4, -0.2) is 59.3 Å². The van der Waals surface area contributed by atoms with E-state index in [1.165, 1.54) is 6.07 Å². The first-order valence-electron chi connectivity index (χ1n) is 8.86. The summed E-state index contributed by atoms with van der Waals surface area (Å²) < 4.78 is 25.5. The normalized spacial score (nSPS) is 24.2. The lowest BCUT2D eigenvalue weighted by molar-refractivity contribution is 0.0437. The second-order valence-electron chi connectivity index (χ2n) is 6.83. The molecule has 134 valence electrons. The molecular weight excluding hydrogens is 323 g/mol. The van der Waals surface area contributed by atoms with E-state index in [2.05, 4.69) is 20.3 Å². The van der Waals surface area contributed by atoms with Crippen molar-refractivity contribution in [3.05, 3.63) is 35.8 Å². The zero-order valence-corrected chi connectivity index (χ0v) is 14.2. The van der Waals surface area contributed by atoms with Crippen LogP contribution in [0.15, 0.2) is 24.3 Å². The number of nitrogens with zero attached hydrogens (tertiary/aromatic N) is 3. The van der Waals surface area contributed by atoms with Gasteiger partial charge in [-0.3, -0.25) is 5.10 Å². The van der Waals surface area contributed by atoms with E-state index in [1.54, 1.807) is 18.2 Å². The fourth-order valence-corrected chi connectivity index (χ4v) is 3.61. The SMILES string of the molecule is Fc1ccccc1-c1nn[nH]c1COC1CCN(CC2CCOC2)C1. The smallest absolute Gasteiger partial charge is 0.132 e. The second kappa shape index (κ2) is 7.59. The molecule has 2 fully saturated rings. The molecule has 1 N–H and O–H groups in total. The summed E-state index contributed by atoms with van der Waals surface area (Å²) in [7, 11) is 0. The summed E-state index contributed by atoms with van der Waals surface area (Å²) in [4.78, 5) is 2.45. The second-order valence-corrected chi connectivity index (χ2v) is 6.83. The van der Waals surface area contributed by atoms with Crippen molar-refractivity contribution in [1.82, 2.24) is 20.3 Å². The lowest BCUT2D eigenvalue weighted by Crippen LogP contribution is -2.29. The van der Waals surface area contributed by atoms with Crippen LogP contribution in [0.2, 0.25) is 0 Å². The number of hydrogen-bond acceptors (Lipinski definition) is 5. The molecule has 0 spiro atoms. The largest absolute Gasteiger partial charge is 0.381 e. The number of hydrogen-bond donors (Lipinski definition) is 1. The van der Waals surface area contributed by atoms with Gasteiger partial charge in [0.15, 0.2) is 0 Å². The molecule has 25 heavy (non-hydrogen) atoms. The fourth-order valence-electron chi connectivity index (χ4n) is 3.61. The van der Waals surface area contributed by atoms with Gasteiger partial charge in [-0.15, -0.1) is 5.10 Å². The summed E-state index contributed by atoms with van der Waals surface area (Å²) in [5.74, 6) is 0.353. The van der Waals surface area contributed by atoms with E-state index in [9.17, 15) is 4.39 Å². The van der Waals surface area contributed by atoms with Crippen molar-refractivity contribution in [3.8, 4) is 11.3 Å². The Morgan fingerprint density at radius 3 is 3.08 bits per heavy atom. The zero-order valence-electron chi connectivity index (χ0n) is 14.2. The van der Waals surface area contributed by atoms with Crippen LogP contribution in [0.3, 0.4) is 0 Å². The predicted octanol–water partition coefficient (Wildman–Crippen LogP) is 2.24. The molecule has 6 nitrogen and oxygen atoms in total. The van der Waals surface area contributed by atoms with Crippen molar-refractivity contribution in [2.45, 2.75) is 25.6 Å². The van der Waals surface area contributed by atoms with Crippen LogP contribution in [0.1, 0.15) is 18.5 Å². The van der Waals surface area contributed by atoms with Crippen molar-refractivity contribution < 1.29 is 13.9 Å². The summed E-state index contributed by atoms with van der Waals surface area (Å²) >= 11 is 0. The van der Waals surface area contributed by atoms with Gasteiger partial charge in [-0.1, -0.05) is 17.3 Å². The van der Waals surface area contributed by atoms with Crippen LogP contribution < -0.4 is 0 Å². The number of rotatable bonds is 6. The third-order valence-electron chi connectivity index (χ3n) is 4.98. The molecule has 0 bridgehead atoms. The van der Waals surface area contributed by atoms with Gasteiger partial charge in [-0.2, -0.15) is 0 Å². The number of halogens is 1. The van der Waals surface area contributed by atoms with E-state index in [-0.39, 0.29) is 11.9 Å². The van der Waals surface area contributed by atoms with Gasteiger partial charge < -0.3 is 14.4 Å². The van der Waals surface area contributed by atoms with E-state index in [0.29, 0.717) is 29.5 Å². The third-order valence-corrected chi connectivity index (χ3v) is 4.98. The van der Waals surface area contributed by atoms with Gasteiger partial charge in [0.05, 0.1) is 25.0 Å². The molecule has 1 aromatic heterocycles. The van der Waals surface area contributed by atoms with E-state index >= 15 is 0 Å². The number of benzene rings is 1. The maximum atomic E-state index is 14.0.